The summed E-state index contributed by atoms with van der Waals surface area (Å²) in [5.41, 5.74) is 3.28. The summed E-state index contributed by atoms with van der Waals surface area (Å²) in [5.74, 6) is 2.38. The number of likely N-dealkylation sites (tertiary alicyclic amines) is 1. The Kier molecular flexibility index (Phi) is 6.36. The first kappa shape index (κ1) is 23.4. The highest BCUT2D eigenvalue weighted by atomic mass is 16.5. The van der Waals surface area contributed by atoms with Crippen molar-refractivity contribution < 1.29 is 14.1 Å². The van der Waals surface area contributed by atoms with Crippen LogP contribution in [0.1, 0.15) is 77.1 Å². The molecule has 2 unspecified atom stereocenters. The summed E-state index contributed by atoms with van der Waals surface area (Å²) < 4.78 is 10.6. The summed E-state index contributed by atoms with van der Waals surface area (Å²) >= 11 is 0. The average Bonchev–Trinajstić information content (AvgIpc) is 3.84. The lowest BCUT2D eigenvalue weighted by Crippen LogP contribution is -2.32. The Morgan fingerprint density at radius 2 is 1.86 bits per heavy atom. The molecule has 7 nitrogen and oxygen atoms in total. The monoisotopic (exact) mass is 486 g/mol. The highest BCUT2D eigenvalue weighted by Crippen LogP contribution is 2.48. The number of hydrogen-bond acceptors (Lipinski definition) is 7. The van der Waals surface area contributed by atoms with Gasteiger partial charge < -0.3 is 14.6 Å². The van der Waals surface area contributed by atoms with Crippen LogP contribution in [0.2, 0.25) is 0 Å². The minimum absolute atomic E-state index is 0.0582. The SMILES string of the molecule is COC(=O)c1ccc(CN2CCC(c3nc(C4(CNC5CC5c5ccccc5)CC4)no3)CC2)cc1. The highest BCUT2D eigenvalue weighted by Gasteiger charge is 2.50. The molecule has 2 heterocycles. The van der Waals surface area contributed by atoms with Crippen LogP contribution in [0.3, 0.4) is 0 Å². The van der Waals surface area contributed by atoms with Gasteiger partial charge in [0.15, 0.2) is 5.82 Å². The molecular weight excluding hydrogens is 452 g/mol. The summed E-state index contributed by atoms with van der Waals surface area (Å²) in [7, 11) is 1.41. The lowest BCUT2D eigenvalue weighted by Gasteiger charge is -2.30. The lowest BCUT2D eigenvalue weighted by molar-refractivity contribution is 0.0600. The quantitative estimate of drug-likeness (QED) is 0.449. The molecule has 2 saturated carbocycles. The minimum atomic E-state index is -0.297. The molecule has 3 aliphatic rings. The fourth-order valence-corrected chi connectivity index (χ4v) is 5.52. The number of nitrogens with zero attached hydrogens (tertiary/aromatic N) is 3. The van der Waals surface area contributed by atoms with Gasteiger partial charge in [-0.1, -0.05) is 47.6 Å². The molecule has 2 atom stereocenters. The van der Waals surface area contributed by atoms with Gasteiger partial charge >= 0.3 is 5.97 Å². The molecule has 0 spiro atoms. The third-order valence-electron chi connectivity index (χ3n) is 8.21. The van der Waals surface area contributed by atoms with Crippen LogP contribution in [0.4, 0.5) is 0 Å². The predicted molar refractivity (Wildman–Crippen MR) is 136 cm³/mol. The largest absolute Gasteiger partial charge is 0.465 e. The van der Waals surface area contributed by atoms with E-state index in [0.29, 0.717) is 23.4 Å². The Balaban J connectivity index is 0.987. The Bertz CT molecular complexity index is 1180. The number of piperidine rings is 1. The van der Waals surface area contributed by atoms with E-state index in [1.807, 2.05) is 24.3 Å². The van der Waals surface area contributed by atoms with Crippen molar-refractivity contribution in [2.45, 2.75) is 61.9 Å². The standard InChI is InChI=1S/C29H34N4O3/c1-35-27(34)23-9-7-20(8-10-23)18-33-15-11-22(12-16-33)26-31-28(32-36-26)29(13-14-29)19-30-25-17-24(25)21-5-3-2-4-6-21/h2-10,22,24-25,30H,11-19H2,1H3. The zero-order valence-corrected chi connectivity index (χ0v) is 20.9. The molecule has 36 heavy (non-hydrogen) atoms. The molecule has 3 aromatic rings. The Labute approximate surface area is 212 Å². The van der Waals surface area contributed by atoms with Crippen molar-refractivity contribution in [1.29, 1.82) is 0 Å². The van der Waals surface area contributed by atoms with Gasteiger partial charge in [0.1, 0.15) is 0 Å². The molecule has 0 radical (unpaired) electrons. The number of nitrogens with one attached hydrogen (secondary N) is 1. The van der Waals surface area contributed by atoms with E-state index in [1.165, 1.54) is 24.7 Å². The van der Waals surface area contributed by atoms with Crippen molar-refractivity contribution in [3.05, 3.63) is 83.0 Å². The molecule has 3 fully saturated rings. The minimum Gasteiger partial charge on any atom is -0.465 e. The van der Waals surface area contributed by atoms with Gasteiger partial charge in [-0.2, -0.15) is 4.98 Å². The van der Waals surface area contributed by atoms with Crippen LogP contribution in [-0.4, -0.2) is 53.8 Å². The molecule has 1 aromatic heterocycles. The van der Waals surface area contributed by atoms with Crippen molar-refractivity contribution in [2.75, 3.05) is 26.7 Å². The normalized spacial score (nSPS) is 23.4. The number of hydrogen-bond donors (Lipinski definition) is 1. The maximum absolute atomic E-state index is 11.6. The van der Waals surface area contributed by atoms with E-state index in [4.69, 9.17) is 14.2 Å². The zero-order chi connectivity index (χ0) is 24.5. The topological polar surface area (TPSA) is 80.5 Å². The molecule has 188 valence electrons. The molecule has 1 N–H and O–H groups in total. The first-order valence-corrected chi connectivity index (χ1v) is 13.2. The van der Waals surface area contributed by atoms with Crippen LogP contribution in [-0.2, 0) is 16.7 Å². The van der Waals surface area contributed by atoms with E-state index in [-0.39, 0.29) is 11.4 Å². The van der Waals surface area contributed by atoms with Crippen LogP contribution in [0.5, 0.6) is 0 Å². The number of aromatic nitrogens is 2. The molecular formula is C29H34N4O3. The van der Waals surface area contributed by atoms with Crippen LogP contribution in [0, 0.1) is 0 Å². The maximum atomic E-state index is 11.6. The van der Waals surface area contributed by atoms with Gasteiger partial charge in [-0.05, 0) is 68.5 Å². The zero-order valence-electron chi connectivity index (χ0n) is 20.9. The predicted octanol–water partition coefficient (Wildman–Crippen LogP) is 4.41. The second-order valence-corrected chi connectivity index (χ2v) is 10.7. The van der Waals surface area contributed by atoms with E-state index >= 15 is 0 Å². The Morgan fingerprint density at radius 3 is 2.56 bits per heavy atom. The van der Waals surface area contributed by atoms with E-state index in [2.05, 4.69) is 45.7 Å². The summed E-state index contributed by atoms with van der Waals surface area (Å²) in [6.07, 6.45) is 5.53. The van der Waals surface area contributed by atoms with Gasteiger partial charge in [0.25, 0.3) is 0 Å². The second-order valence-electron chi connectivity index (χ2n) is 10.7. The molecule has 2 aliphatic carbocycles. The fourth-order valence-electron chi connectivity index (χ4n) is 5.52. The van der Waals surface area contributed by atoms with Gasteiger partial charge in [0.05, 0.1) is 12.7 Å². The summed E-state index contributed by atoms with van der Waals surface area (Å²) in [6, 6.07) is 19.1. The van der Waals surface area contributed by atoms with Crippen LogP contribution in [0.15, 0.2) is 59.1 Å². The number of carbonyl (C=O) groups excluding carboxylic acids is 1. The Hall–Kier alpha value is -3.03. The molecule has 1 saturated heterocycles. The molecule has 7 heteroatoms. The number of esters is 1. The van der Waals surface area contributed by atoms with Crippen LogP contribution < -0.4 is 5.32 Å². The van der Waals surface area contributed by atoms with Gasteiger partial charge in [-0.25, -0.2) is 4.79 Å². The van der Waals surface area contributed by atoms with E-state index in [1.54, 1.807) is 0 Å². The van der Waals surface area contributed by atoms with Crippen molar-refractivity contribution in [3.8, 4) is 0 Å². The maximum Gasteiger partial charge on any atom is 0.337 e. The molecule has 0 bridgehead atoms. The second kappa shape index (κ2) is 9.79. The average molecular weight is 487 g/mol. The van der Waals surface area contributed by atoms with Gasteiger partial charge in [0, 0.05) is 36.4 Å². The van der Waals surface area contributed by atoms with Gasteiger partial charge in [0.2, 0.25) is 5.89 Å². The highest BCUT2D eigenvalue weighted by molar-refractivity contribution is 5.89. The molecule has 1 aliphatic heterocycles. The smallest absolute Gasteiger partial charge is 0.337 e. The lowest BCUT2D eigenvalue weighted by atomic mass is 9.96. The first-order chi connectivity index (χ1) is 17.6. The molecule has 0 amide bonds. The first-order valence-electron chi connectivity index (χ1n) is 13.2. The van der Waals surface area contributed by atoms with E-state index < -0.39 is 0 Å². The third kappa shape index (κ3) is 4.95. The molecule has 2 aromatic carbocycles. The Morgan fingerprint density at radius 1 is 1.11 bits per heavy atom. The third-order valence-corrected chi connectivity index (χ3v) is 8.21. The van der Waals surface area contributed by atoms with Crippen molar-refractivity contribution in [1.82, 2.24) is 20.4 Å². The summed E-state index contributed by atoms with van der Waals surface area (Å²) in [6.45, 7) is 3.81. The summed E-state index contributed by atoms with van der Waals surface area (Å²) in [5, 5.41) is 8.22. The van der Waals surface area contributed by atoms with Crippen molar-refractivity contribution >= 4 is 5.97 Å². The number of rotatable bonds is 9. The molecule has 6 rings (SSSR count). The summed E-state index contributed by atoms with van der Waals surface area (Å²) in [4.78, 5) is 19.0. The number of methoxy groups -OCH3 is 1. The van der Waals surface area contributed by atoms with Gasteiger partial charge in [-0.3, -0.25) is 4.90 Å². The van der Waals surface area contributed by atoms with Crippen LogP contribution >= 0.6 is 0 Å². The van der Waals surface area contributed by atoms with E-state index in [0.717, 1.165) is 63.6 Å². The van der Waals surface area contributed by atoms with Crippen molar-refractivity contribution in [2.24, 2.45) is 0 Å². The number of benzene rings is 2. The fraction of sp³-hybridized carbons (Fsp3) is 0.483. The van der Waals surface area contributed by atoms with Crippen molar-refractivity contribution in [3.63, 3.8) is 0 Å². The number of ether oxygens (including phenoxy) is 1. The van der Waals surface area contributed by atoms with Gasteiger partial charge in [-0.15, -0.1) is 0 Å². The number of carbonyl (C=O) groups is 1. The van der Waals surface area contributed by atoms with E-state index in [9.17, 15) is 4.79 Å². The van der Waals surface area contributed by atoms with Crippen LogP contribution in [0.25, 0.3) is 0 Å².